The summed E-state index contributed by atoms with van der Waals surface area (Å²) in [5.74, 6) is 5.21. The topological polar surface area (TPSA) is 62.2 Å². The van der Waals surface area contributed by atoms with Gasteiger partial charge in [-0.15, -0.1) is 22.7 Å². The summed E-state index contributed by atoms with van der Waals surface area (Å²) in [4.78, 5) is 18.3. The molecule has 0 bridgehead atoms. The van der Waals surface area contributed by atoms with Crippen LogP contribution in [-0.4, -0.2) is 22.6 Å². The summed E-state index contributed by atoms with van der Waals surface area (Å²) in [6.07, 6.45) is 1.80. The molecule has 0 spiro atoms. The van der Waals surface area contributed by atoms with Crippen molar-refractivity contribution in [2.24, 2.45) is 0 Å². The molecule has 104 valence electrons. The molecule has 2 aromatic rings. The fourth-order valence-electron chi connectivity index (χ4n) is 1.56. The van der Waals surface area contributed by atoms with Crippen LogP contribution in [0.2, 0.25) is 0 Å². The van der Waals surface area contributed by atoms with Gasteiger partial charge in [0.2, 0.25) is 0 Å². The Morgan fingerprint density at radius 2 is 2.40 bits per heavy atom. The number of nitrogens with zero attached hydrogens (tertiary/aromatic N) is 1. The predicted molar refractivity (Wildman–Crippen MR) is 81.0 cm³/mol. The van der Waals surface area contributed by atoms with E-state index in [0.29, 0.717) is 5.56 Å². The summed E-state index contributed by atoms with van der Waals surface area (Å²) in [5.41, 5.74) is 0.581. The Hall–Kier alpha value is -1.68. The molecule has 0 radical (unpaired) electrons. The molecule has 1 amide bonds. The van der Waals surface area contributed by atoms with Gasteiger partial charge >= 0.3 is 0 Å². The average Bonchev–Trinajstić information content (AvgIpc) is 3.05. The van der Waals surface area contributed by atoms with E-state index >= 15 is 0 Å². The van der Waals surface area contributed by atoms with E-state index in [1.54, 1.807) is 29.0 Å². The quantitative estimate of drug-likeness (QED) is 0.856. The minimum atomic E-state index is -0.181. The van der Waals surface area contributed by atoms with Gasteiger partial charge in [-0.05, 0) is 19.9 Å². The first-order valence-electron chi connectivity index (χ1n) is 6.01. The third-order valence-electron chi connectivity index (χ3n) is 2.51. The molecule has 0 fully saturated rings. The second kappa shape index (κ2) is 6.66. The van der Waals surface area contributed by atoms with Crippen LogP contribution in [0.25, 0.3) is 0 Å². The van der Waals surface area contributed by atoms with Gasteiger partial charge in [0.1, 0.15) is 11.6 Å². The Balaban J connectivity index is 2.02. The molecule has 0 aromatic carbocycles. The lowest BCUT2D eigenvalue weighted by Crippen LogP contribution is -2.26. The molecule has 6 heteroatoms. The number of hydrogen-bond acceptors (Lipinski definition) is 5. The molecule has 20 heavy (non-hydrogen) atoms. The SMILES string of the molecule is Cc1cnc(C(C)NC(=O)c2csc(C#CCO)c2)s1. The van der Waals surface area contributed by atoms with Crippen molar-refractivity contribution in [2.45, 2.75) is 19.9 Å². The highest BCUT2D eigenvalue weighted by atomic mass is 32.1. The van der Waals surface area contributed by atoms with Gasteiger partial charge in [0.15, 0.2) is 0 Å². The van der Waals surface area contributed by atoms with E-state index in [2.05, 4.69) is 22.1 Å². The molecule has 1 unspecified atom stereocenters. The maximum absolute atomic E-state index is 12.1. The largest absolute Gasteiger partial charge is 0.384 e. The molecule has 2 N–H and O–H groups in total. The van der Waals surface area contributed by atoms with Crippen molar-refractivity contribution in [3.8, 4) is 11.8 Å². The fraction of sp³-hybridized carbons (Fsp3) is 0.286. The number of amides is 1. The number of aryl methyl sites for hydroxylation is 1. The van der Waals surface area contributed by atoms with Crippen LogP contribution in [0.3, 0.4) is 0 Å². The van der Waals surface area contributed by atoms with Crippen molar-refractivity contribution in [1.29, 1.82) is 0 Å². The maximum Gasteiger partial charge on any atom is 0.252 e. The number of hydrogen-bond donors (Lipinski definition) is 2. The highest BCUT2D eigenvalue weighted by molar-refractivity contribution is 7.11. The fourth-order valence-corrected chi connectivity index (χ4v) is 3.09. The minimum absolute atomic E-state index is 0.118. The lowest BCUT2D eigenvalue weighted by Gasteiger charge is -2.09. The van der Waals surface area contributed by atoms with Crippen LogP contribution in [0, 0.1) is 18.8 Å². The molecule has 2 rings (SSSR count). The summed E-state index contributed by atoms with van der Waals surface area (Å²) in [5, 5.41) is 14.2. The van der Waals surface area contributed by atoms with Crippen molar-refractivity contribution >= 4 is 28.6 Å². The standard InChI is InChI=1S/C14H14N2O2S2/c1-9-7-15-14(20-9)10(2)16-13(18)11-6-12(19-8-11)4-3-5-17/h6-8,10,17H,5H2,1-2H3,(H,16,18). The highest BCUT2D eigenvalue weighted by Gasteiger charge is 2.15. The van der Waals surface area contributed by atoms with Crippen LogP contribution in [0.1, 0.15) is 38.1 Å². The van der Waals surface area contributed by atoms with E-state index in [1.165, 1.54) is 11.3 Å². The molecule has 0 saturated carbocycles. The Kier molecular flexibility index (Phi) is 4.90. The molecular weight excluding hydrogens is 292 g/mol. The Morgan fingerprint density at radius 1 is 1.60 bits per heavy atom. The van der Waals surface area contributed by atoms with E-state index in [9.17, 15) is 4.79 Å². The van der Waals surface area contributed by atoms with Crippen molar-refractivity contribution in [3.05, 3.63) is 38.0 Å². The lowest BCUT2D eigenvalue weighted by atomic mass is 10.2. The van der Waals surface area contributed by atoms with Crippen LogP contribution < -0.4 is 5.32 Å². The average molecular weight is 306 g/mol. The highest BCUT2D eigenvalue weighted by Crippen LogP contribution is 2.20. The number of rotatable bonds is 3. The van der Waals surface area contributed by atoms with Crippen LogP contribution in [0.15, 0.2) is 17.6 Å². The molecule has 1 atom stereocenters. The smallest absolute Gasteiger partial charge is 0.252 e. The number of carbonyl (C=O) groups excluding carboxylic acids is 1. The maximum atomic E-state index is 12.1. The van der Waals surface area contributed by atoms with Gasteiger partial charge in [0, 0.05) is 16.5 Å². The van der Waals surface area contributed by atoms with Gasteiger partial charge in [-0.1, -0.05) is 11.8 Å². The Morgan fingerprint density at radius 3 is 3.05 bits per heavy atom. The first-order chi connectivity index (χ1) is 9.60. The summed E-state index contributed by atoms with van der Waals surface area (Å²) in [6.45, 7) is 3.72. The zero-order chi connectivity index (χ0) is 14.5. The zero-order valence-corrected chi connectivity index (χ0v) is 12.8. The monoisotopic (exact) mass is 306 g/mol. The summed E-state index contributed by atoms with van der Waals surface area (Å²) >= 11 is 2.96. The van der Waals surface area contributed by atoms with E-state index in [0.717, 1.165) is 14.8 Å². The van der Waals surface area contributed by atoms with E-state index < -0.39 is 0 Å². The molecule has 0 aliphatic rings. The summed E-state index contributed by atoms with van der Waals surface area (Å²) in [6, 6.07) is 1.61. The molecule has 0 saturated heterocycles. The number of thiazole rings is 1. The van der Waals surface area contributed by atoms with Crippen molar-refractivity contribution in [3.63, 3.8) is 0 Å². The predicted octanol–water partition coefficient (Wildman–Crippen LogP) is 2.35. The van der Waals surface area contributed by atoms with Crippen LogP contribution in [0.4, 0.5) is 0 Å². The van der Waals surface area contributed by atoms with Crippen molar-refractivity contribution in [1.82, 2.24) is 10.3 Å². The Labute approximate surface area is 125 Å². The first kappa shape index (κ1) is 14.7. The van der Waals surface area contributed by atoms with Gasteiger partial charge in [-0.3, -0.25) is 4.79 Å². The zero-order valence-electron chi connectivity index (χ0n) is 11.1. The third-order valence-corrected chi connectivity index (χ3v) is 4.45. The number of aromatic nitrogens is 1. The number of carbonyl (C=O) groups is 1. The van der Waals surface area contributed by atoms with Gasteiger partial charge in [0.25, 0.3) is 5.91 Å². The van der Waals surface area contributed by atoms with Gasteiger partial charge in [-0.2, -0.15) is 0 Å². The summed E-state index contributed by atoms with van der Waals surface area (Å²) < 4.78 is 0. The summed E-state index contributed by atoms with van der Waals surface area (Å²) in [7, 11) is 0. The lowest BCUT2D eigenvalue weighted by molar-refractivity contribution is 0.0940. The number of aliphatic hydroxyl groups is 1. The Bertz CT molecular complexity index is 664. The van der Waals surface area contributed by atoms with Gasteiger partial charge in [0.05, 0.1) is 16.5 Å². The van der Waals surface area contributed by atoms with Crippen molar-refractivity contribution in [2.75, 3.05) is 6.61 Å². The van der Waals surface area contributed by atoms with Crippen molar-refractivity contribution < 1.29 is 9.90 Å². The number of aliphatic hydroxyl groups excluding tert-OH is 1. The van der Waals surface area contributed by atoms with Crippen LogP contribution in [0.5, 0.6) is 0 Å². The molecular formula is C14H14N2O2S2. The molecule has 2 aromatic heterocycles. The van der Waals surface area contributed by atoms with Crippen LogP contribution >= 0.6 is 22.7 Å². The third kappa shape index (κ3) is 3.67. The van der Waals surface area contributed by atoms with E-state index in [-0.39, 0.29) is 18.6 Å². The normalized spacial score (nSPS) is 11.6. The van der Waals surface area contributed by atoms with E-state index in [4.69, 9.17) is 5.11 Å². The number of nitrogens with one attached hydrogen (secondary N) is 1. The number of thiophene rings is 1. The molecule has 0 aliphatic carbocycles. The second-order valence-electron chi connectivity index (χ2n) is 4.16. The molecule has 0 aliphatic heterocycles. The van der Waals surface area contributed by atoms with Crippen LogP contribution in [-0.2, 0) is 0 Å². The van der Waals surface area contributed by atoms with Gasteiger partial charge in [-0.25, -0.2) is 4.98 Å². The minimum Gasteiger partial charge on any atom is -0.384 e. The van der Waals surface area contributed by atoms with Gasteiger partial charge < -0.3 is 10.4 Å². The van der Waals surface area contributed by atoms with E-state index in [1.807, 2.05) is 13.8 Å². The second-order valence-corrected chi connectivity index (χ2v) is 6.34. The first-order valence-corrected chi connectivity index (χ1v) is 7.71. The molecule has 4 nitrogen and oxygen atoms in total. The molecule has 2 heterocycles.